The van der Waals surface area contributed by atoms with Crippen molar-refractivity contribution in [2.24, 2.45) is 23.2 Å². The summed E-state index contributed by atoms with van der Waals surface area (Å²) in [5.74, 6) is -1.57. The fraction of sp³-hybridized carbons (Fsp3) is 0.359. The van der Waals surface area contributed by atoms with Crippen LogP contribution >= 0.6 is 0 Å². The second-order valence-corrected chi connectivity index (χ2v) is 13.6. The first-order valence-corrected chi connectivity index (χ1v) is 16.0. The lowest BCUT2D eigenvalue weighted by atomic mass is 9.50. The fourth-order valence-corrected chi connectivity index (χ4v) is 9.31. The fourth-order valence-electron chi connectivity index (χ4n) is 9.31. The third-order valence-electron chi connectivity index (χ3n) is 11.7. The molecule has 0 aliphatic heterocycles. The van der Waals surface area contributed by atoms with Crippen molar-refractivity contribution in [3.05, 3.63) is 131 Å². The van der Waals surface area contributed by atoms with Crippen LogP contribution in [0.15, 0.2) is 114 Å². The Balaban J connectivity index is 1.29. The van der Waals surface area contributed by atoms with E-state index in [-0.39, 0.29) is 34.7 Å². The first-order chi connectivity index (χ1) is 21.6. The van der Waals surface area contributed by atoms with Crippen LogP contribution in [0.3, 0.4) is 0 Å². The van der Waals surface area contributed by atoms with E-state index in [2.05, 4.69) is 6.92 Å². The average molecular weight is 603 g/mol. The maximum atomic E-state index is 14.3. The molecule has 0 aromatic heterocycles. The summed E-state index contributed by atoms with van der Waals surface area (Å²) in [5, 5.41) is 36.9. The molecule has 230 valence electrons. The number of hydrogen-bond acceptors (Lipinski definition) is 6. The lowest BCUT2D eigenvalue weighted by Crippen LogP contribution is -2.66. The van der Waals surface area contributed by atoms with Crippen molar-refractivity contribution in [2.75, 3.05) is 0 Å². The number of Topliss-reactive ketones (excluding diaryl/α,β-unsaturated/α-hetero) is 3. The molecule has 0 heterocycles. The molecule has 0 amide bonds. The molecule has 2 unspecified atom stereocenters. The van der Waals surface area contributed by atoms with Crippen LogP contribution in [0.1, 0.15) is 76.5 Å². The monoisotopic (exact) mass is 602 g/mol. The molecular weight excluding hydrogens is 564 g/mol. The molecule has 0 bridgehead atoms. The summed E-state index contributed by atoms with van der Waals surface area (Å²) in [6.07, 6.45) is 6.30. The first-order valence-electron chi connectivity index (χ1n) is 16.0. The number of carbonyl (C=O) groups excluding carboxylic acids is 3. The summed E-state index contributed by atoms with van der Waals surface area (Å²) >= 11 is 0. The van der Waals surface area contributed by atoms with Gasteiger partial charge in [-0.15, -0.1) is 0 Å². The number of hydrogen-bond donors (Lipinski definition) is 3. The zero-order chi connectivity index (χ0) is 31.6. The number of benzene rings is 3. The van der Waals surface area contributed by atoms with Gasteiger partial charge in [0.1, 0.15) is 5.60 Å². The lowest BCUT2D eigenvalue weighted by molar-refractivity contribution is -0.0866. The quantitative estimate of drug-likeness (QED) is 0.302. The molecule has 3 aromatic carbocycles. The van der Waals surface area contributed by atoms with Gasteiger partial charge < -0.3 is 15.3 Å². The maximum absolute atomic E-state index is 14.3. The van der Waals surface area contributed by atoms with Gasteiger partial charge >= 0.3 is 0 Å². The van der Waals surface area contributed by atoms with Crippen molar-refractivity contribution in [1.82, 2.24) is 0 Å². The summed E-state index contributed by atoms with van der Waals surface area (Å²) in [5.41, 5.74) is -5.02. The summed E-state index contributed by atoms with van der Waals surface area (Å²) in [6, 6.07) is 25.6. The Morgan fingerprint density at radius 1 is 0.667 bits per heavy atom. The molecule has 4 aliphatic rings. The summed E-state index contributed by atoms with van der Waals surface area (Å²) in [6.45, 7) is 2.05. The van der Waals surface area contributed by atoms with Gasteiger partial charge in [-0.05, 0) is 73.5 Å². The van der Waals surface area contributed by atoms with E-state index >= 15 is 0 Å². The van der Waals surface area contributed by atoms with Gasteiger partial charge in [0.25, 0.3) is 0 Å². The van der Waals surface area contributed by atoms with Gasteiger partial charge in [0.15, 0.2) is 17.0 Å². The van der Waals surface area contributed by atoms with E-state index in [0.717, 1.165) is 5.57 Å². The van der Waals surface area contributed by atoms with Crippen molar-refractivity contribution in [1.29, 1.82) is 0 Å². The van der Waals surface area contributed by atoms with Crippen LogP contribution in [-0.2, 0) is 0 Å². The number of carbonyl (C=O) groups is 3. The minimum atomic E-state index is -2.51. The van der Waals surface area contributed by atoms with Crippen LogP contribution in [0.2, 0.25) is 0 Å². The second-order valence-electron chi connectivity index (χ2n) is 13.6. The molecule has 4 aliphatic carbocycles. The number of ketones is 3. The molecule has 3 N–H and O–H groups in total. The molecule has 2 saturated carbocycles. The third-order valence-corrected chi connectivity index (χ3v) is 11.7. The molecule has 6 nitrogen and oxygen atoms in total. The van der Waals surface area contributed by atoms with E-state index in [1.807, 2.05) is 18.2 Å². The Bertz CT molecular complexity index is 1730. The lowest BCUT2D eigenvalue weighted by Gasteiger charge is -2.55. The largest absolute Gasteiger partial charge is 0.381 e. The van der Waals surface area contributed by atoms with Gasteiger partial charge in [0, 0.05) is 22.1 Å². The Kier molecular flexibility index (Phi) is 6.97. The Morgan fingerprint density at radius 2 is 1.20 bits per heavy atom. The van der Waals surface area contributed by atoms with E-state index in [9.17, 15) is 29.7 Å². The summed E-state index contributed by atoms with van der Waals surface area (Å²) in [7, 11) is 0. The Morgan fingerprint density at radius 3 is 1.78 bits per heavy atom. The van der Waals surface area contributed by atoms with Crippen molar-refractivity contribution in [3.63, 3.8) is 0 Å². The Hall–Kier alpha value is -3.97. The van der Waals surface area contributed by atoms with E-state index in [0.29, 0.717) is 49.7 Å². The Labute approximate surface area is 263 Å². The molecule has 7 rings (SSSR count). The summed E-state index contributed by atoms with van der Waals surface area (Å²) < 4.78 is 0. The highest BCUT2D eigenvalue weighted by atomic mass is 16.4. The third kappa shape index (κ3) is 4.09. The highest BCUT2D eigenvalue weighted by Crippen LogP contribution is 2.65. The van der Waals surface area contributed by atoms with Crippen LogP contribution in [0.5, 0.6) is 0 Å². The molecule has 6 heteroatoms. The smallest absolute Gasteiger partial charge is 0.202 e. The predicted octanol–water partition coefficient (Wildman–Crippen LogP) is 5.93. The minimum absolute atomic E-state index is 0.0521. The van der Waals surface area contributed by atoms with Gasteiger partial charge in [0.05, 0.1) is 0 Å². The van der Waals surface area contributed by atoms with Crippen molar-refractivity contribution >= 4 is 17.3 Å². The number of rotatable bonds is 6. The zero-order valence-corrected chi connectivity index (χ0v) is 25.4. The second kappa shape index (κ2) is 10.5. The zero-order valence-electron chi connectivity index (χ0n) is 25.4. The summed E-state index contributed by atoms with van der Waals surface area (Å²) in [4.78, 5) is 42.1. The van der Waals surface area contributed by atoms with E-state index < -0.39 is 33.8 Å². The molecule has 7 atom stereocenters. The highest BCUT2D eigenvalue weighted by molar-refractivity contribution is 6.15. The molecule has 3 aromatic rings. The molecule has 45 heavy (non-hydrogen) atoms. The molecule has 0 saturated heterocycles. The first kappa shape index (κ1) is 29.7. The molecule has 2 fully saturated rings. The van der Waals surface area contributed by atoms with Crippen molar-refractivity contribution < 1.29 is 29.7 Å². The van der Waals surface area contributed by atoms with Gasteiger partial charge in [-0.2, -0.15) is 0 Å². The van der Waals surface area contributed by atoms with E-state index in [1.54, 1.807) is 78.9 Å². The van der Waals surface area contributed by atoms with Crippen LogP contribution < -0.4 is 0 Å². The predicted molar refractivity (Wildman–Crippen MR) is 170 cm³/mol. The molecule has 0 spiro atoms. The van der Waals surface area contributed by atoms with E-state index in [4.69, 9.17) is 0 Å². The van der Waals surface area contributed by atoms with Crippen LogP contribution in [0.25, 0.3) is 0 Å². The average Bonchev–Trinajstić information content (AvgIpc) is 3.37. The number of allylic oxidation sites excluding steroid dienone is 2. The van der Waals surface area contributed by atoms with Crippen LogP contribution in [0, 0.1) is 23.2 Å². The number of aliphatic hydroxyl groups is 3. The van der Waals surface area contributed by atoms with E-state index in [1.165, 1.54) is 6.08 Å². The SMILES string of the molecule is C[C@]12CC[C@@H]3C4=C(CC[C@H]3[C@@H]1CC[C@@]2(O)C(=O)c1ccccc1)C(O)(C(=O)c1ccccc1)C(O)(C(=O)c1ccccc1)C=C4. The van der Waals surface area contributed by atoms with Gasteiger partial charge in [-0.1, -0.05) is 104 Å². The van der Waals surface area contributed by atoms with Crippen LogP contribution in [-0.4, -0.2) is 49.5 Å². The van der Waals surface area contributed by atoms with Crippen molar-refractivity contribution in [3.8, 4) is 0 Å². The standard InChI is InChI=1S/C39H38O6/c1-36-22-19-28-29(31(36)21-24-37(36,43)33(40)25-11-5-2-6-12-25)17-18-32-30(28)20-23-38(44,34(41)26-13-7-3-8-14-26)39(32,45)35(42)27-15-9-4-10-16-27/h2-16,20,23,28-29,31,43-45H,17-19,21-22,24H2,1H3/t28-,29+,31-,36-,37+,38?,39?/m0/s1. The van der Waals surface area contributed by atoms with Crippen molar-refractivity contribution in [2.45, 2.75) is 62.3 Å². The minimum Gasteiger partial charge on any atom is -0.381 e. The van der Waals surface area contributed by atoms with Gasteiger partial charge in [0.2, 0.25) is 11.6 Å². The van der Waals surface area contributed by atoms with Gasteiger partial charge in [-0.25, -0.2) is 0 Å². The normalized spacial score (nSPS) is 35.2. The molecule has 0 radical (unpaired) electrons. The van der Waals surface area contributed by atoms with Crippen LogP contribution in [0.4, 0.5) is 0 Å². The highest BCUT2D eigenvalue weighted by Gasteiger charge is 2.67. The number of fused-ring (bicyclic) bond motifs is 4. The molecular formula is C39H38O6. The van der Waals surface area contributed by atoms with Gasteiger partial charge in [-0.3, -0.25) is 14.4 Å². The maximum Gasteiger partial charge on any atom is 0.202 e. The topological polar surface area (TPSA) is 112 Å².